The number of allylic oxidation sites excluding steroid dienone is 2. The van der Waals surface area contributed by atoms with Crippen molar-refractivity contribution in [2.75, 3.05) is 0 Å². The Labute approximate surface area is 105 Å². The van der Waals surface area contributed by atoms with Crippen LogP contribution in [0.15, 0.2) is 29.8 Å². The molecule has 0 saturated carbocycles. The first-order chi connectivity index (χ1) is 7.15. The van der Waals surface area contributed by atoms with Crippen LogP contribution in [0.1, 0.15) is 18.4 Å². The largest absolute Gasteiger partial charge is 0.118 e. The molecule has 1 atom stereocenters. The fraction of sp³-hybridized carbons (Fsp3) is 0.333. The number of halogens is 3. The third-order valence-electron chi connectivity index (χ3n) is 2.58. The SMILES string of the molecule is Clc1ccc(Cl)c(CC2=CC(Cl)CC2)c1. The van der Waals surface area contributed by atoms with Gasteiger partial charge >= 0.3 is 0 Å². The average Bonchev–Trinajstić information content (AvgIpc) is 2.58. The summed E-state index contributed by atoms with van der Waals surface area (Å²) >= 11 is 18.0. The topological polar surface area (TPSA) is 0 Å². The molecule has 80 valence electrons. The van der Waals surface area contributed by atoms with E-state index in [2.05, 4.69) is 6.08 Å². The summed E-state index contributed by atoms with van der Waals surface area (Å²) < 4.78 is 0. The molecule has 0 radical (unpaired) electrons. The first-order valence-corrected chi connectivity index (χ1v) is 6.12. The van der Waals surface area contributed by atoms with E-state index in [9.17, 15) is 0 Å². The van der Waals surface area contributed by atoms with Gasteiger partial charge in [-0.05, 0) is 43.0 Å². The zero-order chi connectivity index (χ0) is 10.8. The lowest BCUT2D eigenvalue weighted by atomic mass is 10.0. The van der Waals surface area contributed by atoms with Gasteiger partial charge in [0.2, 0.25) is 0 Å². The third kappa shape index (κ3) is 2.90. The molecule has 0 spiro atoms. The quantitative estimate of drug-likeness (QED) is 0.527. The molecule has 0 nitrogen and oxygen atoms in total. The van der Waals surface area contributed by atoms with Crippen LogP contribution in [0, 0.1) is 0 Å². The van der Waals surface area contributed by atoms with Crippen LogP contribution >= 0.6 is 34.8 Å². The van der Waals surface area contributed by atoms with Crippen molar-refractivity contribution < 1.29 is 0 Å². The van der Waals surface area contributed by atoms with Crippen molar-refractivity contribution in [1.29, 1.82) is 0 Å². The van der Waals surface area contributed by atoms with Crippen LogP contribution in [0.25, 0.3) is 0 Å². The zero-order valence-electron chi connectivity index (χ0n) is 8.14. The lowest BCUT2D eigenvalue weighted by Crippen LogP contribution is -1.89. The van der Waals surface area contributed by atoms with E-state index in [0.717, 1.165) is 34.9 Å². The fourth-order valence-corrected chi connectivity index (χ4v) is 2.48. The van der Waals surface area contributed by atoms with E-state index in [4.69, 9.17) is 34.8 Å². The summed E-state index contributed by atoms with van der Waals surface area (Å²) in [6, 6.07) is 5.57. The Morgan fingerprint density at radius 2 is 2.07 bits per heavy atom. The highest BCUT2D eigenvalue weighted by Gasteiger charge is 2.14. The van der Waals surface area contributed by atoms with Gasteiger partial charge in [-0.15, -0.1) is 11.6 Å². The molecule has 1 aliphatic carbocycles. The monoisotopic (exact) mass is 260 g/mol. The Morgan fingerprint density at radius 1 is 1.27 bits per heavy atom. The van der Waals surface area contributed by atoms with Crippen LogP contribution in [0.5, 0.6) is 0 Å². The summed E-state index contributed by atoms with van der Waals surface area (Å²) in [6.45, 7) is 0. The van der Waals surface area contributed by atoms with Crippen molar-refractivity contribution in [2.45, 2.75) is 24.6 Å². The molecule has 0 aliphatic heterocycles. The molecular weight excluding hydrogens is 250 g/mol. The summed E-state index contributed by atoms with van der Waals surface area (Å²) in [5, 5.41) is 1.70. The van der Waals surface area contributed by atoms with Gasteiger partial charge in [-0.1, -0.05) is 34.9 Å². The van der Waals surface area contributed by atoms with Crippen LogP contribution in [0.3, 0.4) is 0 Å². The van der Waals surface area contributed by atoms with Gasteiger partial charge in [0.1, 0.15) is 0 Å². The van der Waals surface area contributed by atoms with Crippen LogP contribution in [0.2, 0.25) is 10.0 Å². The van der Waals surface area contributed by atoms with E-state index in [1.165, 1.54) is 5.57 Å². The van der Waals surface area contributed by atoms with Gasteiger partial charge in [-0.25, -0.2) is 0 Å². The molecule has 0 saturated heterocycles. The molecule has 2 rings (SSSR count). The predicted molar refractivity (Wildman–Crippen MR) is 67.1 cm³/mol. The minimum Gasteiger partial charge on any atom is -0.118 e. The molecule has 0 bridgehead atoms. The fourth-order valence-electron chi connectivity index (χ4n) is 1.82. The second-order valence-electron chi connectivity index (χ2n) is 3.79. The number of hydrogen-bond acceptors (Lipinski definition) is 0. The number of hydrogen-bond donors (Lipinski definition) is 0. The molecule has 3 heteroatoms. The molecule has 0 heterocycles. The van der Waals surface area contributed by atoms with Gasteiger partial charge < -0.3 is 0 Å². The Bertz CT molecular complexity index is 396. The molecule has 0 amide bonds. The first kappa shape index (κ1) is 11.3. The lowest BCUT2D eigenvalue weighted by Gasteiger charge is -2.05. The summed E-state index contributed by atoms with van der Waals surface area (Å²) in [7, 11) is 0. The van der Waals surface area contributed by atoms with Crippen molar-refractivity contribution >= 4 is 34.8 Å². The highest BCUT2D eigenvalue weighted by atomic mass is 35.5. The summed E-state index contributed by atoms with van der Waals surface area (Å²) in [6.07, 6.45) is 5.09. The van der Waals surface area contributed by atoms with Gasteiger partial charge in [0.25, 0.3) is 0 Å². The van der Waals surface area contributed by atoms with Crippen LogP contribution < -0.4 is 0 Å². The van der Waals surface area contributed by atoms with Crippen molar-refractivity contribution in [2.24, 2.45) is 0 Å². The Hall–Kier alpha value is -0.170. The van der Waals surface area contributed by atoms with Gasteiger partial charge in [-0.2, -0.15) is 0 Å². The van der Waals surface area contributed by atoms with Gasteiger partial charge in [-0.3, -0.25) is 0 Å². The first-order valence-electron chi connectivity index (χ1n) is 4.93. The molecule has 0 N–H and O–H groups in total. The zero-order valence-corrected chi connectivity index (χ0v) is 10.4. The van der Waals surface area contributed by atoms with Gasteiger partial charge in [0.05, 0.1) is 5.38 Å². The molecular formula is C12H11Cl3. The molecule has 0 aromatic heterocycles. The van der Waals surface area contributed by atoms with Crippen LogP contribution in [0.4, 0.5) is 0 Å². The third-order valence-corrected chi connectivity index (χ3v) is 3.53. The summed E-state index contributed by atoms with van der Waals surface area (Å²) in [5.74, 6) is 0. The van der Waals surface area contributed by atoms with Crippen molar-refractivity contribution in [3.63, 3.8) is 0 Å². The average molecular weight is 262 g/mol. The van der Waals surface area contributed by atoms with Crippen molar-refractivity contribution in [3.8, 4) is 0 Å². The van der Waals surface area contributed by atoms with Crippen molar-refractivity contribution in [3.05, 3.63) is 45.5 Å². The van der Waals surface area contributed by atoms with E-state index in [1.54, 1.807) is 6.07 Å². The molecule has 0 fully saturated rings. The van der Waals surface area contributed by atoms with Gasteiger partial charge in [0, 0.05) is 10.0 Å². The van der Waals surface area contributed by atoms with E-state index >= 15 is 0 Å². The molecule has 15 heavy (non-hydrogen) atoms. The minimum absolute atomic E-state index is 0.193. The second kappa shape index (κ2) is 4.78. The smallest absolute Gasteiger partial charge is 0.0521 e. The Morgan fingerprint density at radius 3 is 2.73 bits per heavy atom. The van der Waals surface area contributed by atoms with E-state index in [0.29, 0.717) is 0 Å². The Kier molecular flexibility index (Phi) is 3.60. The number of alkyl halides is 1. The highest BCUT2D eigenvalue weighted by Crippen LogP contribution is 2.29. The summed E-state index contributed by atoms with van der Waals surface area (Å²) in [4.78, 5) is 0. The van der Waals surface area contributed by atoms with E-state index in [-0.39, 0.29) is 5.38 Å². The van der Waals surface area contributed by atoms with E-state index in [1.807, 2.05) is 12.1 Å². The minimum atomic E-state index is 0.193. The maximum absolute atomic E-state index is 6.09. The predicted octanol–water partition coefficient (Wildman–Crippen LogP) is 4.86. The second-order valence-corrected chi connectivity index (χ2v) is 5.20. The molecule has 1 aromatic rings. The molecule has 1 unspecified atom stereocenters. The standard InChI is InChI=1S/C12H11Cl3/c13-10-2-1-8(6-10)5-9-7-11(14)3-4-12(9)15/h3-4,6-7,10H,1-2,5H2. The number of benzene rings is 1. The maximum Gasteiger partial charge on any atom is 0.0521 e. The lowest BCUT2D eigenvalue weighted by molar-refractivity contribution is 0.892. The molecule has 1 aliphatic rings. The molecule has 1 aromatic carbocycles. The Balaban J connectivity index is 2.17. The van der Waals surface area contributed by atoms with Crippen molar-refractivity contribution in [1.82, 2.24) is 0 Å². The van der Waals surface area contributed by atoms with Crippen LogP contribution in [-0.4, -0.2) is 5.38 Å². The summed E-state index contributed by atoms with van der Waals surface area (Å²) in [5.41, 5.74) is 2.44. The highest BCUT2D eigenvalue weighted by molar-refractivity contribution is 6.33. The van der Waals surface area contributed by atoms with Gasteiger partial charge in [0.15, 0.2) is 0 Å². The normalized spacial score (nSPS) is 20.5. The van der Waals surface area contributed by atoms with E-state index < -0.39 is 0 Å². The van der Waals surface area contributed by atoms with Crippen LogP contribution in [-0.2, 0) is 6.42 Å². The number of rotatable bonds is 2. The maximum atomic E-state index is 6.09.